The number of ether oxygens (including phenoxy) is 1. The Morgan fingerprint density at radius 3 is 2.69 bits per heavy atom. The van der Waals surface area contributed by atoms with Gasteiger partial charge in [0.1, 0.15) is 5.75 Å². The smallest absolute Gasteiger partial charge is 0.267 e. The first kappa shape index (κ1) is 16.6. The topological polar surface area (TPSA) is 58.6 Å². The molecule has 1 saturated carbocycles. The third-order valence-corrected chi connectivity index (χ3v) is 5.00. The second-order valence-electron chi connectivity index (χ2n) is 6.89. The Morgan fingerprint density at radius 1 is 1.15 bits per heavy atom. The van der Waals surface area contributed by atoms with Gasteiger partial charge in [0, 0.05) is 24.9 Å². The summed E-state index contributed by atoms with van der Waals surface area (Å²) in [4.78, 5) is 26.4. The lowest BCUT2D eigenvalue weighted by Gasteiger charge is -2.32. The van der Waals surface area contributed by atoms with E-state index in [0.717, 1.165) is 12.1 Å². The summed E-state index contributed by atoms with van der Waals surface area (Å²) < 4.78 is 5.63. The highest BCUT2D eigenvalue weighted by atomic mass is 16.5. The molecule has 5 heteroatoms. The summed E-state index contributed by atoms with van der Waals surface area (Å²) in [7, 11) is 0. The van der Waals surface area contributed by atoms with Crippen molar-refractivity contribution in [3.05, 3.63) is 60.2 Å². The van der Waals surface area contributed by atoms with Crippen LogP contribution in [0.3, 0.4) is 0 Å². The number of fused-ring (bicyclic) bond motifs is 1. The molecule has 5 nitrogen and oxygen atoms in total. The van der Waals surface area contributed by atoms with Crippen molar-refractivity contribution in [3.63, 3.8) is 0 Å². The third-order valence-electron chi connectivity index (χ3n) is 5.00. The molecule has 1 N–H and O–H groups in total. The van der Waals surface area contributed by atoms with E-state index >= 15 is 0 Å². The van der Waals surface area contributed by atoms with E-state index in [-0.39, 0.29) is 24.3 Å². The number of para-hydroxylation sites is 2. The Kier molecular flexibility index (Phi) is 4.37. The number of amides is 2. The predicted molar refractivity (Wildman–Crippen MR) is 99.2 cm³/mol. The fourth-order valence-corrected chi connectivity index (χ4v) is 3.50. The van der Waals surface area contributed by atoms with E-state index in [1.807, 2.05) is 42.5 Å². The van der Waals surface area contributed by atoms with Gasteiger partial charge in [-0.3, -0.25) is 9.59 Å². The lowest BCUT2D eigenvalue weighted by molar-refractivity contribution is -0.125. The van der Waals surface area contributed by atoms with Crippen LogP contribution < -0.4 is 15.0 Å². The number of anilines is 1. The molecule has 0 saturated heterocycles. The lowest BCUT2D eigenvalue weighted by atomic mass is 10.1. The normalized spacial score (nSPS) is 23.8. The van der Waals surface area contributed by atoms with Crippen molar-refractivity contribution in [2.45, 2.75) is 37.8 Å². The fourth-order valence-electron chi connectivity index (χ4n) is 3.50. The van der Waals surface area contributed by atoms with Crippen LogP contribution in [0.5, 0.6) is 5.75 Å². The van der Waals surface area contributed by atoms with Gasteiger partial charge in [0.2, 0.25) is 5.91 Å². The van der Waals surface area contributed by atoms with Crippen LogP contribution in [0.25, 0.3) is 0 Å². The Bertz CT molecular complexity index is 821. The molecule has 1 heterocycles. The van der Waals surface area contributed by atoms with Crippen molar-refractivity contribution in [2.75, 3.05) is 11.4 Å². The van der Waals surface area contributed by atoms with Crippen molar-refractivity contribution in [3.8, 4) is 5.75 Å². The van der Waals surface area contributed by atoms with Crippen LogP contribution in [-0.2, 0) is 9.59 Å². The van der Waals surface area contributed by atoms with Crippen LogP contribution in [0.15, 0.2) is 54.6 Å². The minimum atomic E-state index is -0.529. The number of benzene rings is 2. The molecule has 0 radical (unpaired) electrons. The van der Waals surface area contributed by atoms with Crippen molar-refractivity contribution in [2.24, 2.45) is 0 Å². The molecule has 134 valence electrons. The van der Waals surface area contributed by atoms with Gasteiger partial charge in [-0.15, -0.1) is 0 Å². The van der Waals surface area contributed by atoms with Gasteiger partial charge in [-0.05, 0) is 31.0 Å². The second kappa shape index (κ2) is 6.83. The number of hydrogen-bond donors (Lipinski definition) is 1. The van der Waals surface area contributed by atoms with Gasteiger partial charge in [0.25, 0.3) is 5.91 Å². The molecular formula is C21H22N2O3. The quantitative estimate of drug-likeness (QED) is 0.902. The average Bonchev–Trinajstić information content (AvgIpc) is 3.42. The first-order chi connectivity index (χ1) is 12.6. The van der Waals surface area contributed by atoms with Crippen LogP contribution >= 0.6 is 0 Å². The van der Waals surface area contributed by atoms with E-state index in [0.29, 0.717) is 18.2 Å². The SMILES string of the molecule is C[C@@H]1Oc2ccccc2N(CCC(=O)N[C@H]2C[C@@H]2c2ccccc2)C1=O. The molecule has 0 unspecified atom stereocenters. The summed E-state index contributed by atoms with van der Waals surface area (Å²) >= 11 is 0. The summed E-state index contributed by atoms with van der Waals surface area (Å²) in [5, 5.41) is 3.08. The zero-order valence-corrected chi connectivity index (χ0v) is 14.7. The van der Waals surface area contributed by atoms with Crippen LogP contribution in [0.2, 0.25) is 0 Å². The Balaban J connectivity index is 1.34. The molecule has 26 heavy (non-hydrogen) atoms. The van der Waals surface area contributed by atoms with Crippen molar-refractivity contribution < 1.29 is 14.3 Å². The molecule has 0 bridgehead atoms. The van der Waals surface area contributed by atoms with Crippen LogP contribution in [-0.4, -0.2) is 30.5 Å². The number of carbonyl (C=O) groups is 2. The molecule has 0 spiro atoms. The molecule has 2 amide bonds. The van der Waals surface area contributed by atoms with E-state index < -0.39 is 6.10 Å². The second-order valence-corrected chi connectivity index (χ2v) is 6.89. The van der Waals surface area contributed by atoms with Crippen LogP contribution in [0, 0.1) is 0 Å². The first-order valence-corrected chi connectivity index (χ1v) is 9.05. The Hall–Kier alpha value is -2.82. The Labute approximate surface area is 153 Å². The third kappa shape index (κ3) is 3.29. The fraction of sp³-hybridized carbons (Fsp3) is 0.333. The van der Waals surface area contributed by atoms with Crippen LogP contribution in [0.4, 0.5) is 5.69 Å². The van der Waals surface area contributed by atoms with Crippen LogP contribution in [0.1, 0.15) is 31.2 Å². The van der Waals surface area contributed by atoms with E-state index in [9.17, 15) is 9.59 Å². The summed E-state index contributed by atoms with van der Waals surface area (Å²) in [6.45, 7) is 2.10. The zero-order valence-electron chi connectivity index (χ0n) is 14.7. The molecule has 1 aliphatic heterocycles. The molecule has 4 rings (SSSR count). The standard InChI is InChI=1S/C21H22N2O3/c1-14-21(25)23(18-9-5-6-10-19(18)26-14)12-11-20(24)22-17-13-16(17)15-7-3-2-4-8-15/h2-10,14,16-17H,11-13H2,1H3,(H,22,24)/t14-,16+,17-/m0/s1. The molecule has 2 aromatic carbocycles. The lowest BCUT2D eigenvalue weighted by Crippen LogP contribution is -2.45. The maximum atomic E-state index is 12.4. The minimum absolute atomic E-state index is 0.0159. The molecular weight excluding hydrogens is 328 g/mol. The molecule has 3 atom stereocenters. The highest BCUT2D eigenvalue weighted by Crippen LogP contribution is 2.40. The number of nitrogens with one attached hydrogen (secondary N) is 1. The van der Waals surface area contributed by atoms with E-state index in [1.165, 1.54) is 5.56 Å². The van der Waals surface area contributed by atoms with E-state index in [1.54, 1.807) is 11.8 Å². The number of nitrogens with zero attached hydrogens (tertiary/aromatic N) is 1. The largest absolute Gasteiger partial charge is 0.479 e. The summed E-state index contributed by atoms with van der Waals surface area (Å²) in [5.41, 5.74) is 2.00. The minimum Gasteiger partial charge on any atom is -0.479 e. The number of hydrogen-bond acceptors (Lipinski definition) is 3. The van der Waals surface area contributed by atoms with Gasteiger partial charge in [-0.2, -0.15) is 0 Å². The average molecular weight is 350 g/mol. The summed E-state index contributed by atoms with van der Waals surface area (Å²) in [5.74, 6) is 0.972. The number of carbonyl (C=O) groups excluding carboxylic acids is 2. The van der Waals surface area contributed by atoms with Crippen molar-refractivity contribution in [1.82, 2.24) is 5.32 Å². The van der Waals surface area contributed by atoms with Crippen molar-refractivity contribution >= 4 is 17.5 Å². The zero-order chi connectivity index (χ0) is 18.1. The molecule has 2 aliphatic rings. The highest BCUT2D eigenvalue weighted by Gasteiger charge is 2.39. The van der Waals surface area contributed by atoms with Gasteiger partial charge in [-0.25, -0.2) is 0 Å². The maximum absolute atomic E-state index is 12.4. The summed E-state index contributed by atoms with van der Waals surface area (Å²) in [6.07, 6.45) is 0.732. The molecule has 2 aromatic rings. The van der Waals surface area contributed by atoms with Gasteiger partial charge in [0.15, 0.2) is 6.10 Å². The molecule has 0 aromatic heterocycles. The molecule has 1 aliphatic carbocycles. The van der Waals surface area contributed by atoms with E-state index in [4.69, 9.17) is 4.74 Å². The van der Waals surface area contributed by atoms with Gasteiger partial charge in [0.05, 0.1) is 5.69 Å². The maximum Gasteiger partial charge on any atom is 0.267 e. The highest BCUT2D eigenvalue weighted by molar-refractivity contribution is 6.00. The monoisotopic (exact) mass is 350 g/mol. The van der Waals surface area contributed by atoms with E-state index in [2.05, 4.69) is 17.4 Å². The Morgan fingerprint density at radius 2 is 1.88 bits per heavy atom. The van der Waals surface area contributed by atoms with Gasteiger partial charge >= 0.3 is 0 Å². The van der Waals surface area contributed by atoms with Gasteiger partial charge < -0.3 is 15.0 Å². The van der Waals surface area contributed by atoms with Gasteiger partial charge in [-0.1, -0.05) is 42.5 Å². The number of rotatable bonds is 5. The van der Waals surface area contributed by atoms with Crippen molar-refractivity contribution in [1.29, 1.82) is 0 Å². The molecule has 1 fully saturated rings. The predicted octanol–water partition coefficient (Wildman–Crippen LogP) is 2.86. The summed E-state index contributed by atoms with van der Waals surface area (Å²) in [6, 6.07) is 17.9. The first-order valence-electron chi connectivity index (χ1n) is 9.05.